The normalized spacial score (nSPS) is 18.4. The molecular weight excluding hydrogens is 250 g/mol. The molecule has 1 amide bonds. The van der Waals surface area contributed by atoms with Gasteiger partial charge in [-0.2, -0.15) is 0 Å². The highest BCUT2D eigenvalue weighted by Gasteiger charge is 2.37. The molecule has 4 nitrogen and oxygen atoms in total. The third kappa shape index (κ3) is 3.04. The molecule has 1 heterocycles. The number of benzene rings is 1. The van der Waals surface area contributed by atoms with Crippen LogP contribution in [0.3, 0.4) is 0 Å². The smallest absolute Gasteiger partial charge is 0.325 e. The van der Waals surface area contributed by atoms with Gasteiger partial charge in [-0.3, -0.25) is 9.59 Å². The molecule has 0 radical (unpaired) electrons. The number of likely N-dealkylation sites (tertiary alicyclic amines) is 1. The number of ether oxygens (including phenoxy) is 1. The van der Waals surface area contributed by atoms with Gasteiger partial charge in [0.05, 0.1) is 18.9 Å². The van der Waals surface area contributed by atoms with Crippen molar-refractivity contribution in [1.82, 2.24) is 4.90 Å². The van der Waals surface area contributed by atoms with Gasteiger partial charge in [0.1, 0.15) is 6.54 Å². The molecule has 1 unspecified atom stereocenters. The van der Waals surface area contributed by atoms with E-state index in [4.69, 9.17) is 0 Å². The summed E-state index contributed by atoms with van der Waals surface area (Å²) in [5.41, 5.74) is 1.22. The molecule has 1 fully saturated rings. The van der Waals surface area contributed by atoms with Gasteiger partial charge in [0.15, 0.2) is 0 Å². The van der Waals surface area contributed by atoms with Crippen molar-refractivity contribution in [3.05, 3.63) is 35.9 Å². The molecule has 2 rings (SSSR count). The van der Waals surface area contributed by atoms with Gasteiger partial charge in [0.25, 0.3) is 0 Å². The lowest BCUT2D eigenvalue weighted by Gasteiger charge is -2.39. The first-order valence-electron chi connectivity index (χ1n) is 5.72. The van der Waals surface area contributed by atoms with Crippen molar-refractivity contribution in [2.24, 2.45) is 0 Å². The van der Waals surface area contributed by atoms with Gasteiger partial charge < -0.3 is 9.64 Å². The summed E-state index contributed by atoms with van der Waals surface area (Å²) in [5, 5.41) is 0.0943. The molecule has 1 atom stereocenters. The molecule has 96 valence electrons. The van der Waals surface area contributed by atoms with Crippen LogP contribution in [0, 0.1) is 0 Å². The Kier molecular flexibility index (Phi) is 4.25. The summed E-state index contributed by atoms with van der Waals surface area (Å²) in [4.78, 5) is 24.1. The van der Waals surface area contributed by atoms with Crippen molar-refractivity contribution < 1.29 is 14.3 Å². The Morgan fingerprint density at radius 2 is 2.17 bits per heavy atom. The molecule has 5 heteroatoms. The van der Waals surface area contributed by atoms with Crippen LogP contribution in [0.1, 0.15) is 12.0 Å². The largest absolute Gasteiger partial charge is 0.468 e. The summed E-state index contributed by atoms with van der Waals surface area (Å²) in [6.45, 7) is 0.0573. The minimum Gasteiger partial charge on any atom is -0.468 e. The number of carbonyl (C=O) groups excluding carboxylic acids is 2. The van der Waals surface area contributed by atoms with E-state index >= 15 is 0 Å². The van der Waals surface area contributed by atoms with E-state index in [-0.39, 0.29) is 23.8 Å². The number of nitrogens with zero attached hydrogens (tertiary/aromatic N) is 1. The maximum Gasteiger partial charge on any atom is 0.325 e. The molecule has 1 aromatic carbocycles. The summed E-state index contributed by atoms with van der Waals surface area (Å²) in [7, 11) is 1.33. The molecule has 0 bridgehead atoms. The van der Waals surface area contributed by atoms with Gasteiger partial charge in [-0.25, -0.2) is 0 Å². The predicted octanol–water partition coefficient (Wildman–Crippen LogP) is 1.65. The van der Waals surface area contributed by atoms with Crippen LogP contribution >= 0.6 is 11.8 Å². The van der Waals surface area contributed by atoms with E-state index in [0.29, 0.717) is 6.42 Å². The van der Waals surface area contributed by atoms with Crippen molar-refractivity contribution >= 4 is 23.6 Å². The lowest BCUT2D eigenvalue weighted by Crippen LogP contribution is -2.52. The second kappa shape index (κ2) is 5.91. The Bertz CT molecular complexity index is 435. The van der Waals surface area contributed by atoms with Crippen molar-refractivity contribution in [1.29, 1.82) is 0 Å². The third-order valence-electron chi connectivity index (χ3n) is 2.83. The van der Waals surface area contributed by atoms with Gasteiger partial charge in [-0.05, 0) is 5.56 Å². The number of hydrogen-bond donors (Lipinski definition) is 0. The zero-order chi connectivity index (χ0) is 13.0. The van der Waals surface area contributed by atoms with Gasteiger partial charge in [-0.1, -0.05) is 30.3 Å². The van der Waals surface area contributed by atoms with E-state index < -0.39 is 0 Å². The zero-order valence-electron chi connectivity index (χ0n) is 10.2. The summed E-state index contributed by atoms with van der Waals surface area (Å²) in [6.07, 6.45) is 0.508. The van der Waals surface area contributed by atoms with E-state index in [0.717, 1.165) is 5.75 Å². The quantitative estimate of drug-likeness (QED) is 0.600. The second-order valence-corrected chi connectivity index (χ2v) is 5.22. The molecule has 0 saturated carbocycles. The van der Waals surface area contributed by atoms with Gasteiger partial charge in [0.2, 0.25) is 5.91 Å². The zero-order valence-corrected chi connectivity index (χ0v) is 11.0. The van der Waals surface area contributed by atoms with Crippen molar-refractivity contribution in [3.8, 4) is 0 Å². The Morgan fingerprint density at radius 1 is 1.44 bits per heavy atom. The molecule has 0 spiro atoms. The van der Waals surface area contributed by atoms with Gasteiger partial charge >= 0.3 is 5.97 Å². The Labute approximate surface area is 110 Å². The van der Waals surface area contributed by atoms with Crippen molar-refractivity contribution in [2.45, 2.75) is 17.5 Å². The molecule has 0 aromatic heterocycles. The van der Waals surface area contributed by atoms with Crippen molar-refractivity contribution in [3.63, 3.8) is 0 Å². The molecule has 1 aliphatic rings. The van der Waals surface area contributed by atoms with Crippen LogP contribution in [0.2, 0.25) is 0 Å². The molecule has 0 aliphatic carbocycles. The van der Waals surface area contributed by atoms with Gasteiger partial charge in [-0.15, -0.1) is 11.8 Å². The van der Waals surface area contributed by atoms with E-state index in [1.807, 2.05) is 18.2 Å². The fraction of sp³-hybridized carbons (Fsp3) is 0.385. The van der Waals surface area contributed by atoms with E-state index in [9.17, 15) is 9.59 Å². The molecule has 0 N–H and O–H groups in total. The number of rotatable bonds is 5. The molecule has 1 aromatic rings. The monoisotopic (exact) mass is 265 g/mol. The average Bonchev–Trinajstić information content (AvgIpc) is 2.41. The number of methoxy groups -OCH3 is 1. The number of esters is 1. The first-order chi connectivity index (χ1) is 8.70. The summed E-state index contributed by atoms with van der Waals surface area (Å²) in [6, 6.07) is 10.1. The topological polar surface area (TPSA) is 46.6 Å². The summed E-state index contributed by atoms with van der Waals surface area (Å²) < 4.78 is 4.57. The van der Waals surface area contributed by atoms with Crippen LogP contribution in [-0.2, 0) is 20.1 Å². The fourth-order valence-electron chi connectivity index (χ4n) is 1.73. The minimum absolute atomic E-state index is 0.0194. The lowest BCUT2D eigenvalue weighted by atomic mass is 10.2. The summed E-state index contributed by atoms with van der Waals surface area (Å²) in [5.74, 6) is 0.496. The first-order valence-corrected chi connectivity index (χ1v) is 6.77. The highest BCUT2D eigenvalue weighted by Crippen LogP contribution is 2.31. The second-order valence-electron chi connectivity index (χ2n) is 4.05. The molecular formula is C13H15NO3S. The number of hydrogen-bond acceptors (Lipinski definition) is 4. The first kappa shape index (κ1) is 13.0. The Morgan fingerprint density at radius 3 is 2.78 bits per heavy atom. The number of thioether (sulfide) groups is 1. The SMILES string of the molecule is COC(=O)CN1C(=O)CC1SCc1ccccc1. The van der Waals surface area contributed by atoms with Crippen LogP contribution in [-0.4, -0.2) is 35.8 Å². The van der Waals surface area contributed by atoms with E-state index in [1.165, 1.54) is 12.7 Å². The Hall–Kier alpha value is -1.49. The number of carbonyl (C=O) groups is 2. The number of β-lactam (4-membered cyclic amide) rings is 1. The fourth-order valence-corrected chi connectivity index (χ4v) is 2.94. The highest BCUT2D eigenvalue weighted by atomic mass is 32.2. The lowest BCUT2D eigenvalue weighted by molar-refractivity contribution is -0.153. The van der Waals surface area contributed by atoms with Crippen LogP contribution in [0.15, 0.2) is 30.3 Å². The van der Waals surface area contributed by atoms with E-state index in [2.05, 4.69) is 16.9 Å². The molecule has 1 aliphatic heterocycles. The van der Waals surface area contributed by atoms with Gasteiger partial charge in [0, 0.05) is 5.75 Å². The molecule has 18 heavy (non-hydrogen) atoms. The predicted molar refractivity (Wildman–Crippen MR) is 69.9 cm³/mol. The maximum absolute atomic E-state index is 11.4. The third-order valence-corrected chi connectivity index (χ3v) is 4.14. The maximum atomic E-state index is 11.4. The number of amides is 1. The van der Waals surface area contributed by atoms with Crippen molar-refractivity contribution in [2.75, 3.05) is 13.7 Å². The van der Waals surface area contributed by atoms with Crippen LogP contribution < -0.4 is 0 Å². The van der Waals surface area contributed by atoms with Crippen LogP contribution in [0.25, 0.3) is 0 Å². The van der Waals surface area contributed by atoms with Crippen LogP contribution in [0.5, 0.6) is 0 Å². The summed E-state index contributed by atoms with van der Waals surface area (Å²) >= 11 is 1.68. The highest BCUT2D eigenvalue weighted by molar-refractivity contribution is 7.99. The van der Waals surface area contributed by atoms with E-state index in [1.54, 1.807) is 16.7 Å². The van der Waals surface area contributed by atoms with Crippen LogP contribution in [0.4, 0.5) is 0 Å². The average molecular weight is 265 g/mol. The minimum atomic E-state index is -0.367. The Balaban J connectivity index is 1.83. The standard InChI is InChI=1S/C13H15NO3S/c1-17-13(16)8-14-11(15)7-12(14)18-9-10-5-3-2-4-6-10/h2-6,12H,7-9H2,1H3. The molecule has 1 saturated heterocycles.